The first-order valence-electron chi connectivity index (χ1n) is 5.57. The maximum absolute atomic E-state index is 13.7. The number of nitrogens with one attached hydrogen (secondary N) is 1. The Hall–Kier alpha value is -1.01. The Morgan fingerprint density at radius 2 is 2.28 bits per heavy atom. The summed E-state index contributed by atoms with van der Waals surface area (Å²) in [4.78, 5) is 0.176. The number of halogens is 1. The summed E-state index contributed by atoms with van der Waals surface area (Å²) in [6, 6.07) is 4.60. The summed E-state index contributed by atoms with van der Waals surface area (Å²) in [5.41, 5.74) is 6.33. The van der Waals surface area contributed by atoms with E-state index in [1.807, 2.05) is 6.92 Å². The fraction of sp³-hybridized carbons (Fsp3) is 0.417. The predicted molar refractivity (Wildman–Crippen MR) is 78.9 cm³/mol. The standard InChI is InChI=1S/C12H17FN2OS2/c1-8(18(2)16)5-6-15-11-4-3-9(12(14)17)7-10(11)13/h3-4,7-8,15H,5-6H2,1-2H3,(H2,14,17). The monoisotopic (exact) mass is 288 g/mol. The van der Waals surface area contributed by atoms with E-state index in [-0.39, 0.29) is 16.1 Å². The van der Waals surface area contributed by atoms with Crippen LogP contribution in [-0.2, 0) is 10.8 Å². The number of thiocarbonyl (C=S) groups is 1. The third kappa shape index (κ3) is 4.34. The first-order chi connectivity index (χ1) is 8.41. The summed E-state index contributed by atoms with van der Waals surface area (Å²) >= 11 is 4.77. The van der Waals surface area contributed by atoms with Crippen molar-refractivity contribution in [1.82, 2.24) is 0 Å². The van der Waals surface area contributed by atoms with Gasteiger partial charge < -0.3 is 11.1 Å². The number of benzene rings is 1. The zero-order chi connectivity index (χ0) is 13.7. The van der Waals surface area contributed by atoms with E-state index >= 15 is 0 Å². The first-order valence-corrected chi connectivity index (χ1v) is 7.60. The van der Waals surface area contributed by atoms with Gasteiger partial charge in [-0.05, 0) is 24.6 Å². The Kier molecular flexibility index (Phi) is 5.68. The van der Waals surface area contributed by atoms with E-state index in [1.54, 1.807) is 18.4 Å². The van der Waals surface area contributed by atoms with E-state index in [2.05, 4.69) is 5.32 Å². The van der Waals surface area contributed by atoms with Crippen molar-refractivity contribution < 1.29 is 8.60 Å². The van der Waals surface area contributed by atoms with E-state index in [1.165, 1.54) is 6.07 Å². The molecule has 2 unspecified atom stereocenters. The Morgan fingerprint density at radius 1 is 1.61 bits per heavy atom. The lowest BCUT2D eigenvalue weighted by atomic mass is 10.2. The Bertz CT molecular complexity index is 465. The van der Waals surface area contributed by atoms with Crippen LogP contribution in [0.3, 0.4) is 0 Å². The normalized spacial score (nSPS) is 13.9. The molecule has 0 spiro atoms. The van der Waals surface area contributed by atoms with Crippen LogP contribution in [0.25, 0.3) is 0 Å². The molecule has 3 N–H and O–H groups in total. The van der Waals surface area contributed by atoms with Crippen LogP contribution in [0.1, 0.15) is 18.9 Å². The molecule has 1 aromatic rings. The SMILES string of the molecule is CC(CCNc1ccc(C(N)=S)cc1F)S(C)=O. The van der Waals surface area contributed by atoms with Crippen LogP contribution in [0.5, 0.6) is 0 Å². The van der Waals surface area contributed by atoms with Crippen LogP contribution in [-0.4, -0.2) is 27.2 Å². The molecule has 18 heavy (non-hydrogen) atoms. The summed E-state index contributed by atoms with van der Waals surface area (Å²) in [6.07, 6.45) is 2.39. The number of hydrogen-bond donors (Lipinski definition) is 2. The second-order valence-corrected chi connectivity index (χ2v) is 6.33. The average molecular weight is 288 g/mol. The molecule has 1 aromatic carbocycles. The smallest absolute Gasteiger partial charge is 0.146 e. The zero-order valence-electron chi connectivity index (χ0n) is 10.4. The summed E-state index contributed by atoms with van der Waals surface area (Å²) < 4.78 is 24.8. The molecule has 0 aliphatic carbocycles. The van der Waals surface area contributed by atoms with E-state index in [0.29, 0.717) is 17.8 Å². The van der Waals surface area contributed by atoms with Gasteiger partial charge in [0.25, 0.3) is 0 Å². The number of hydrogen-bond acceptors (Lipinski definition) is 3. The minimum atomic E-state index is -0.851. The first kappa shape index (κ1) is 15.0. The molecule has 0 heterocycles. The van der Waals surface area contributed by atoms with Gasteiger partial charge >= 0.3 is 0 Å². The van der Waals surface area contributed by atoms with Crippen molar-refractivity contribution in [2.75, 3.05) is 18.1 Å². The molecule has 0 saturated heterocycles. The van der Waals surface area contributed by atoms with E-state index in [9.17, 15) is 8.60 Å². The van der Waals surface area contributed by atoms with Gasteiger partial charge in [0.2, 0.25) is 0 Å². The van der Waals surface area contributed by atoms with Crippen molar-refractivity contribution in [2.24, 2.45) is 5.73 Å². The van der Waals surface area contributed by atoms with Crippen LogP contribution in [0.2, 0.25) is 0 Å². The summed E-state index contributed by atoms with van der Waals surface area (Å²) in [5.74, 6) is -0.384. The van der Waals surface area contributed by atoms with Crippen molar-refractivity contribution in [3.8, 4) is 0 Å². The molecule has 3 nitrogen and oxygen atoms in total. The molecule has 6 heteroatoms. The minimum absolute atomic E-state index is 0.0939. The highest BCUT2D eigenvalue weighted by molar-refractivity contribution is 7.84. The van der Waals surface area contributed by atoms with Gasteiger partial charge in [0.15, 0.2) is 0 Å². The molecule has 100 valence electrons. The van der Waals surface area contributed by atoms with Crippen LogP contribution in [0.15, 0.2) is 18.2 Å². The van der Waals surface area contributed by atoms with Gasteiger partial charge in [-0.3, -0.25) is 4.21 Å². The second-order valence-electron chi connectivity index (χ2n) is 4.08. The molecule has 0 aliphatic heterocycles. The lowest BCUT2D eigenvalue weighted by Gasteiger charge is -2.11. The van der Waals surface area contributed by atoms with Crippen LogP contribution >= 0.6 is 12.2 Å². The van der Waals surface area contributed by atoms with Crippen molar-refractivity contribution in [1.29, 1.82) is 0 Å². The maximum atomic E-state index is 13.7. The Labute approximate surface area is 114 Å². The van der Waals surface area contributed by atoms with E-state index < -0.39 is 10.8 Å². The quantitative estimate of drug-likeness (QED) is 0.787. The molecule has 0 fully saturated rings. The van der Waals surface area contributed by atoms with Crippen LogP contribution in [0.4, 0.5) is 10.1 Å². The average Bonchev–Trinajstić information content (AvgIpc) is 2.30. The lowest BCUT2D eigenvalue weighted by Crippen LogP contribution is -2.15. The van der Waals surface area contributed by atoms with Crippen molar-refractivity contribution >= 4 is 33.7 Å². The van der Waals surface area contributed by atoms with Crippen molar-refractivity contribution in [3.05, 3.63) is 29.6 Å². The van der Waals surface area contributed by atoms with Gasteiger partial charge in [0.1, 0.15) is 10.8 Å². The third-order valence-corrected chi connectivity index (χ3v) is 4.29. The second kappa shape index (κ2) is 6.80. The highest BCUT2D eigenvalue weighted by Crippen LogP contribution is 2.16. The molecular formula is C12H17FN2OS2. The van der Waals surface area contributed by atoms with Crippen molar-refractivity contribution in [3.63, 3.8) is 0 Å². The van der Waals surface area contributed by atoms with Crippen molar-refractivity contribution in [2.45, 2.75) is 18.6 Å². The van der Waals surface area contributed by atoms with Gasteiger partial charge in [-0.2, -0.15) is 0 Å². The highest BCUT2D eigenvalue weighted by Gasteiger charge is 2.07. The number of nitrogens with two attached hydrogens (primary N) is 1. The minimum Gasteiger partial charge on any atom is -0.389 e. The molecular weight excluding hydrogens is 271 g/mol. The fourth-order valence-electron chi connectivity index (χ4n) is 1.39. The van der Waals surface area contributed by atoms with Gasteiger partial charge in [-0.15, -0.1) is 0 Å². The molecule has 2 atom stereocenters. The highest BCUT2D eigenvalue weighted by atomic mass is 32.2. The molecule has 0 radical (unpaired) electrons. The predicted octanol–water partition coefficient (Wildman–Crippen LogP) is 2.03. The summed E-state index contributed by atoms with van der Waals surface area (Å²) in [7, 11) is -0.851. The van der Waals surface area contributed by atoms with Gasteiger partial charge in [0, 0.05) is 34.4 Å². The Morgan fingerprint density at radius 3 is 2.78 bits per heavy atom. The molecule has 0 saturated carbocycles. The fourth-order valence-corrected chi connectivity index (χ4v) is 1.96. The van der Waals surface area contributed by atoms with Gasteiger partial charge in [-0.1, -0.05) is 19.1 Å². The maximum Gasteiger partial charge on any atom is 0.146 e. The van der Waals surface area contributed by atoms with E-state index in [0.717, 1.165) is 6.42 Å². The lowest BCUT2D eigenvalue weighted by molar-refractivity contribution is 0.629. The topological polar surface area (TPSA) is 55.1 Å². The van der Waals surface area contributed by atoms with Crippen LogP contribution in [0, 0.1) is 5.82 Å². The third-order valence-electron chi connectivity index (χ3n) is 2.69. The molecule has 0 bridgehead atoms. The number of rotatable bonds is 6. The zero-order valence-corrected chi connectivity index (χ0v) is 12.0. The van der Waals surface area contributed by atoms with Gasteiger partial charge in [0.05, 0.1) is 5.69 Å². The molecule has 1 rings (SSSR count). The molecule has 0 aliphatic rings. The number of anilines is 1. The van der Waals surface area contributed by atoms with E-state index in [4.69, 9.17) is 18.0 Å². The summed E-state index contributed by atoms with van der Waals surface area (Å²) in [6.45, 7) is 2.48. The molecule has 0 amide bonds. The summed E-state index contributed by atoms with van der Waals surface area (Å²) in [5, 5.41) is 3.07. The largest absolute Gasteiger partial charge is 0.389 e. The molecule has 0 aromatic heterocycles. The Balaban J connectivity index is 2.58. The van der Waals surface area contributed by atoms with Crippen LogP contribution < -0.4 is 11.1 Å². The van der Waals surface area contributed by atoms with Gasteiger partial charge in [-0.25, -0.2) is 4.39 Å².